The number of anilines is 2. The van der Waals surface area contributed by atoms with Gasteiger partial charge in [-0.15, -0.1) is 0 Å². The van der Waals surface area contributed by atoms with Crippen LogP contribution in [-0.2, 0) is 0 Å². The van der Waals surface area contributed by atoms with Crippen molar-refractivity contribution in [1.29, 1.82) is 0 Å². The van der Waals surface area contributed by atoms with Gasteiger partial charge < -0.3 is 10.6 Å². The second-order valence-corrected chi connectivity index (χ2v) is 14.9. The molecule has 8 aromatic carbocycles. The molecule has 2 atom stereocenters. The minimum atomic E-state index is -0.878. The topological polar surface area (TPSA) is 24.1 Å². The van der Waals surface area contributed by atoms with E-state index in [0.29, 0.717) is 11.3 Å². The van der Waals surface area contributed by atoms with Crippen LogP contribution >= 0.6 is 0 Å². The molecule has 0 fully saturated rings. The standard InChI is InChI=1S/C52H42F2N2/c1-33-18-15-19-34(2)49(33)55-51-40-30-16-28-39-29-17-31-41(46(39)40)52(51)56-50-42(44(35-20-7-3-8-21-35)36-22-9-4-10-23-36)32-43(53)48(54)47(50)45(37-24-11-5-12-25-37)38-26-13-6-14-27-38/h3-32,44-45,51-52,55-56H,1-2H3. The van der Waals surface area contributed by atoms with Crippen molar-refractivity contribution in [3.8, 4) is 0 Å². The molecule has 0 bridgehead atoms. The Hall–Kier alpha value is -6.52. The number of rotatable bonds is 10. The highest BCUT2D eigenvalue weighted by molar-refractivity contribution is 5.93. The van der Waals surface area contributed by atoms with E-state index in [1.807, 2.05) is 97.1 Å². The van der Waals surface area contributed by atoms with Crippen LogP contribution in [0.3, 0.4) is 0 Å². The molecule has 1 aliphatic carbocycles. The molecule has 2 N–H and O–H groups in total. The van der Waals surface area contributed by atoms with Crippen molar-refractivity contribution in [3.63, 3.8) is 0 Å². The number of hydrogen-bond acceptors (Lipinski definition) is 2. The van der Waals surface area contributed by atoms with E-state index in [1.165, 1.54) is 11.5 Å². The monoisotopic (exact) mass is 732 g/mol. The molecule has 0 aliphatic heterocycles. The van der Waals surface area contributed by atoms with Gasteiger partial charge in [-0.25, -0.2) is 8.78 Å². The van der Waals surface area contributed by atoms with E-state index < -0.39 is 23.5 Å². The minimum Gasteiger partial charge on any atom is -0.375 e. The molecular weight excluding hydrogens is 691 g/mol. The Morgan fingerprint density at radius 2 is 0.857 bits per heavy atom. The molecule has 0 heterocycles. The molecule has 0 saturated heterocycles. The zero-order chi connectivity index (χ0) is 38.2. The molecule has 56 heavy (non-hydrogen) atoms. The fourth-order valence-corrected chi connectivity index (χ4v) is 8.94. The van der Waals surface area contributed by atoms with Gasteiger partial charge in [0.1, 0.15) is 0 Å². The third-order valence-electron chi connectivity index (χ3n) is 11.5. The molecule has 2 unspecified atom stereocenters. The Balaban J connectivity index is 1.35. The molecule has 0 spiro atoms. The Morgan fingerprint density at radius 1 is 0.446 bits per heavy atom. The summed E-state index contributed by atoms with van der Waals surface area (Å²) in [6.45, 7) is 4.25. The maximum Gasteiger partial charge on any atom is 0.165 e. The second-order valence-electron chi connectivity index (χ2n) is 14.9. The maximum absolute atomic E-state index is 17.4. The van der Waals surface area contributed by atoms with E-state index in [2.05, 4.69) is 103 Å². The smallest absolute Gasteiger partial charge is 0.165 e. The summed E-state index contributed by atoms with van der Waals surface area (Å²) >= 11 is 0. The number of nitrogens with one attached hydrogen (secondary N) is 2. The number of halogens is 2. The molecular formula is C52H42F2N2. The van der Waals surface area contributed by atoms with E-state index >= 15 is 8.78 Å². The van der Waals surface area contributed by atoms with Crippen molar-refractivity contribution in [3.05, 3.63) is 249 Å². The van der Waals surface area contributed by atoms with Crippen molar-refractivity contribution < 1.29 is 8.78 Å². The van der Waals surface area contributed by atoms with Crippen LogP contribution in [0, 0.1) is 25.5 Å². The van der Waals surface area contributed by atoms with Gasteiger partial charge in [0.2, 0.25) is 0 Å². The summed E-state index contributed by atoms with van der Waals surface area (Å²) in [7, 11) is 0. The Kier molecular flexibility index (Phi) is 9.40. The van der Waals surface area contributed by atoms with E-state index in [-0.39, 0.29) is 17.6 Å². The van der Waals surface area contributed by atoms with Gasteiger partial charge in [-0.2, -0.15) is 0 Å². The van der Waals surface area contributed by atoms with Gasteiger partial charge in [-0.3, -0.25) is 0 Å². The largest absolute Gasteiger partial charge is 0.375 e. The number of benzene rings is 8. The first-order valence-electron chi connectivity index (χ1n) is 19.3. The maximum atomic E-state index is 17.4. The lowest BCUT2D eigenvalue weighted by molar-refractivity contribution is 0.495. The number of para-hydroxylation sites is 1. The van der Waals surface area contributed by atoms with E-state index in [1.54, 1.807) is 0 Å². The minimum absolute atomic E-state index is 0.233. The first-order chi connectivity index (χ1) is 27.5. The summed E-state index contributed by atoms with van der Waals surface area (Å²) in [5.74, 6) is -2.77. The average molecular weight is 733 g/mol. The number of aryl methyl sites for hydroxylation is 2. The molecule has 4 heteroatoms. The molecule has 8 aromatic rings. The fraction of sp³-hybridized carbons (Fsp3) is 0.115. The average Bonchev–Trinajstić information content (AvgIpc) is 3.53. The highest BCUT2D eigenvalue weighted by atomic mass is 19.2. The fourth-order valence-electron chi connectivity index (χ4n) is 8.94. The van der Waals surface area contributed by atoms with Crippen molar-refractivity contribution in [2.24, 2.45) is 0 Å². The van der Waals surface area contributed by atoms with Crippen molar-refractivity contribution >= 4 is 22.1 Å². The van der Waals surface area contributed by atoms with E-state index in [9.17, 15) is 0 Å². The molecule has 0 aromatic heterocycles. The molecule has 0 amide bonds. The lowest BCUT2D eigenvalue weighted by Gasteiger charge is -2.33. The predicted octanol–water partition coefficient (Wildman–Crippen LogP) is 13.4. The lowest BCUT2D eigenvalue weighted by atomic mass is 9.78. The van der Waals surface area contributed by atoms with E-state index in [4.69, 9.17) is 0 Å². The first kappa shape index (κ1) is 35.2. The van der Waals surface area contributed by atoms with Gasteiger partial charge >= 0.3 is 0 Å². The third-order valence-corrected chi connectivity index (χ3v) is 11.5. The molecule has 0 saturated carbocycles. The van der Waals surface area contributed by atoms with Crippen molar-refractivity contribution in [2.75, 3.05) is 10.6 Å². The number of hydrogen-bond donors (Lipinski definition) is 2. The first-order valence-corrected chi connectivity index (χ1v) is 19.3. The van der Waals surface area contributed by atoms with Crippen molar-refractivity contribution in [2.45, 2.75) is 37.8 Å². The Morgan fingerprint density at radius 3 is 1.32 bits per heavy atom. The van der Waals surface area contributed by atoms with Crippen LogP contribution in [0.4, 0.5) is 20.2 Å². The summed E-state index contributed by atoms with van der Waals surface area (Å²) < 4.78 is 34.2. The zero-order valence-corrected chi connectivity index (χ0v) is 31.4. The van der Waals surface area contributed by atoms with Crippen molar-refractivity contribution in [1.82, 2.24) is 0 Å². The summed E-state index contributed by atoms with van der Waals surface area (Å²) in [6, 6.07) is 60.2. The summed E-state index contributed by atoms with van der Waals surface area (Å²) in [5, 5.41) is 10.3. The lowest BCUT2D eigenvalue weighted by Crippen LogP contribution is -2.25. The molecule has 1 aliphatic rings. The summed E-state index contributed by atoms with van der Waals surface area (Å²) in [5.41, 5.74) is 10.9. The Labute approximate surface area is 327 Å². The van der Waals surface area contributed by atoms with Crippen LogP contribution in [0.2, 0.25) is 0 Å². The zero-order valence-electron chi connectivity index (χ0n) is 31.4. The van der Waals surface area contributed by atoms with E-state index in [0.717, 1.165) is 55.6 Å². The van der Waals surface area contributed by atoms with Crippen LogP contribution in [0.5, 0.6) is 0 Å². The molecule has 274 valence electrons. The molecule has 9 rings (SSSR count). The predicted molar refractivity (Wildman–Crippen MR) is 227 cm³/mol. The van der Waals surface area contributed by atoms with Crippen LogP contribution < -0.4 is 10.6 Å². The van der Waals surface area contributed by atoms with Gasteiger partial charge in [0.15, 0.2) is 11.6 Å². The summed E-state index contributed by atoms with van der Waals surface area (Å²) in [4.78, 5) is 0. The SMILES string of the molecule is Cc1cccc(C)c1NC1c2cccc3cccc(c23)C1Nc1c(C(c2ccccc2)c2ccccc2)cc(F)c(F)c1C(c1ccccc1)c1ccccc1. The normalized spacial score (nSPS) is 14.8. The molecule has 2 nitrogen and oxygen atoms in total. The highest BCUT2D eigenvalue weighted by Crippen LogP contribution is 2.51. The second kappa shape index (κ2) is 15.0. The van der Waals surface area contributed by atoms with Crippen LogP contribution in [0.15, 0.2) is 182 Å². The van der Waals surface area contributed by atoms with Crippen LogP contribution in [-0.4, -0.2) is 0 Å². The Bertz CT molecular complexity index is 2540. The van der Waals surface area contributed by atoms with Gasteiger partial charge in [0.25, 0.3) is 0 Å². The van der Waals surface area contributed by atoms with Crippen LogP contribution in [0.25, 0.3) is 10.8 Å². The van der Waals surface area contributed by atoms with Crippen LogP contribution in [0.1, 0.15) is 79.6 Å². The van der Waals surface area contributed by atoms with Gasteiger partial charge in [0, 0.05) is 28.8 Å². The molecule has 0 radical (unpaired) electrons. The highest BCUT2D eigenvalue weighted by Gasteiger charge is 2.38. The van der Waals surface area contributed by atoms with Gasteiger partial charge in [-0.05, 0) is 80.8 Å². The van der Waals surface area contributed by atoms with Gasteiger partial charge in [0.05, 0.1) is 12.1 Å². The van der Waals surface area contributed by atoms with Gasteiger partial charge in [-0.1, -0.05) is 176 Å². The quantitative estimate of drug-likeness (QED) is 0.137. The third kappa shape index (κ3) is 6.31. The summed E-state index contributed by atoms with van der Waals surface area (Å²) in [6.07, 6.45) is 0.